The van der Waals surface area contributed by atoms with Gasteiger partial charge in [-0.2, -0.15) is 0 Å². The summed E-state index contributed by atoms with van der Waals surface area (Å²) in [5, 5.41) is 3.62. The Morgan fingerprint density at radius 2 is 1.80 bits per heavy atom. The summed E-state index contributed by atoms with van der Waals surface area (Å²) in [7, 11) is 0. The molecular formula is C14H29N. The predicted molar refractivity (Wildman–Crippen MR) is 68.1 cm³/mol. The third-order valence-electron chi connectivity index (χ3n) is 3.78. The fraction of sp³-hybridized carbons (Fsp3) is 1.00. The molecule has 0 aromatic carbocycles. The van der Waals surface area contributed by atoms with E-state index >= 15 is 0 Å². The summed E-state index contributed by atoms with van der Waals surface area (Å²) in [5.41, 5.74) is 0. The van der Waals surface area contributed by atoms with Crippen LogP contribution in [0.3, 0.4) is 0 Å². The Labute approximate surface area is 96.0 Å². The molecule has 15 heavy (non-hydrogen) atoms. The lowest BCUT2D eigenvalue weighted by Crippen LogP contribution is -2.34. The number of nitrogens with one attached hydrogen (secondary N) is 1. The SMILES string of the molecule is CCCCC1CCCCC1CNC(C)C. The van der Waals surface area contributed by atoms with Crippen molar-refractivity contribution in [2.75, 3.05) is 6.54 Å². The van der Waals surface area contributed by atoms with Gasteiger partial charge in [-0.25, -0.2) is 0 Å². The van der Waals surface area contributed by atoms with Crippen molar-refractivity contribution >= 4 is 0 Å². The molecule has 0 bridgehead atoms. The molecule has 1 fully saturated rings. The average Bonchev–Trinajstić information content (AvgIpc) is 2.24. The van der Waals surface area contributed by atoms with Crippen LogP contribution in [0.5, 0.6) is 0 Å². The maximum absolute atomic E-state index is 3.62. The quantitative estimate of drug-likeness (QED) is 0.700. The third kappa shape index (κ3) is 5.01. The Balaban J connectivity index is 2.29. The molecule has 0 spiro atoms. The van der Waals surface area contributed by atoms with E-state index in [-0.39, 0.29) is 0 Å². The lowest BCUT2D eigenvalue weighted by Gasteiger charge is -2.32. The van der Waals surface area contributed by atoms with Crippen LogP contribution in [0.25, 0.3) is 0 Å². The average molecular weight is 211 g/mol. The van der Waals surface area contributed by atoms with Gasteiger partial charge < -0.3 is 5.32 Å². The minimum Gasteiger partial charge on any atom is -0.314 e. The van der Waals surface area contributed by atoms with Crippen molar-refractivity contribution in [2.24, 2.45) is 11.8 Å². The van der Waals surface area contributed by atoms with Crippen LogP contribution < -0.4 is 5.32 Å². The van der Waals surface area contributed by atoms with E-state index in [0.717, 1.165) is 11.8 Å². The molecule has 2 unspecified atom stereocenters. The molecule has 0 amide bonds. The summed E-state index contributed by atoms with van der Waals surface area (Å²) in [6, 6.07) is 0.652. The summed E-state index contributed by atoms with van der Waals surface area (Å²) in [6.07, 6.45) is 10.2. The summed E-state index contributed by atoms with van der Waals surface area (Å²) in [4.78, 5) is 0. The van der Waals surface area contributed by atoms with Gasteiger partial charge >= 0.3 is 0 Å². The molecule has 1 nitrogen and oxygen atoms in total. The van der Waals surface area contributed by atoms with Crippen molar-refractivity contribution in [3.05, 3.63) is 0 Å². The van der Waals surface area contributed by atoms with E-state index in [1.165, 1.54) is 51.5 Å². The van der Waals surface area contributed by atoms with Gasteiger partial charge in [-0.3, -0.25) is 0 Å². The normalized spacial score (nSPS) is 27.2. The minimum absolute atomic E-state index is 0.652. The molecule has 0 heterocycles. The summed E-state index contributed by atoms with van der Waals surface area (Å²) in [5.74, 6) is 1.98. The molecule has 1 aliphatic carbocycles. The van der Waals surface area contributed by atoms with E-state index in [1.807, 2.05) is 0 Å². The van der Waals surface area contributed by atoms with Gasteiger partial charge in [-0.1, -0.05) is 59.3 Å². The maximum atomic E-state index is 3.62. The molecule has 1 aliphatic rings. The Hall–Kier alpha value is -0.0400. The van der Waals surface area contributed by atoms with E-state index in [4.69, 9.17) is 0 Å². The standard InChI is InChI=1S/C14H29N/c1-4-5-8-13-9-6-7-10-14(13)11-15-12(2)3/h12-15H,4-11H2,1-3H3. The number of unbranched alkanes of at least 4 members (excludes halogenated alkanes) is 1. The van der Waals surface area contributed by atoms with Crippen LogP contribution in [0.2, 0.25) is 0 Å². The molecule has 1 N–H and O–H groups in total. The van der Waals surface area contributed by atoms with Crippen molar-refractivity contribution in [3.63, 3.8) is 0 Å². The molecule has 0 aromatic heterocycles. The third-order valence-corrected chi connectivity index (χ3v) is 3.78. The Morgan fingerprint density at radius 1 is 1.13 bits per heavy atom. The van der Waals surface area contributed by atoms with Gasteiger partial charge in [0.05, 0.1) is 0 Å². The highest BCUT2D eigenvalue weighted by Gasteiger charge is 2.24. The second-order valence-electron chi connectivity index (χ2n) is 5.51. The highest BCUT2D eigenvalue weighted by atomic mass is 14.9. The first-order chi connectivity index (χ1) is 7.24. The summed E-state index contributed by atoms with van der Waals surface area (Å²) >= 11 is 0. The van der Waals surface area contributed by atoms with Gasteiger partial charge in [0.2, 0.25) is 0 Å². The molecule has 0 aliphatic heterocycles. The Morgan fingerprint density at radius 3 is 2.40 bits per heavy atom. The van der Waals surface area contributed by atoms with E-state index < -0.39 is 0 Å². The Bertz CT molecular complexity index is 153. The van der Waals surface area contributed by atoms with Crippen molar-refractivity contribution in [2.45, 2.75) is 71.8 Å². The smallest absolute Gasteiger partial charge is 0.00104 e. The van der Waals surface area contributed by atoms with Crippen molar-refractivity contribution in [1.29, 1.82) is 0 Å². The van der Waals surface area contributed by atoms with Gasteiger partial charge in [-0.15, -0.1) is 0 Å². The monoisotopic (exact) mass is 211 g/mol. The summed E-state index contributed by atoms with van der Waals surface area (Å²) in [6.45, 7) is 8.07. The zero-order valence-electron chi connectivity index (χ0n) is 10.9. The Kier molecular flexibility index (Phi) is 6.31. The second-order valence-corrected chi connectivity index (χ2v) is 5.51. The van der Waals surface area contributed by atoms with Gasteiger partial charge in [0.15, 0.2) is 0 Å². The van der Waals surface area contributed by atoms with Gasteiger partial charge in [0.25, 0.3) is 0 Å². The van der Waals surface area contributed by atoms with Crippen molar-refractivity contribution in [1.82, 2.24) is 5.32 Å². The molecule has 90 valence electrons. The molecule has 2 atom stereocenters. The zero-order valence-corrected chi connectivity index (χ0v) is 10.9. The van der Waals surface area contributed by atoms with E-state index in [2.05, 4.69) is 26.1 Å². The van der Waals surface area contributed by atoms with Gasteiger partial charge in [0, 0.05) is 6.04 Å². The van der Waals surface area contributed by atoms with Crippen molar-refractivity contribution < 1.29 is 0 Å². The topological polar surface area (TPSA) is 12.0 Å². The molecule has 0 radical (unpaired) electrons. The highest BCUT2D eigenvalue weighted by molar-refractivity contribution is 4.77. The molecule has 1 rings (SSSR count). The summed E-state index contributed by atoms with van der Waals surface area (Å²) < 4.78 is 0. The van der Waals surface area contributed by atoms with Crippen LogP contribution in [0.4, 0.5) is 0 Å². The molecular weight excluding hydrogens is 182 g/mol. The highest BCUT2D eigenvalue weighted by Crippen LogP contribution is 2.33. The minimum atomic E-state index is 0.652. The largest absolute Gasteiger partial charge is 0.314 e. The number of hydrogen-bond donors (Lipinski definition) is 1. The first kappa shape index (κ1) is 13.0. The fourth-order valence-corrected chi connectivity index (χ4v) is 2.79. The fourth-order valence-electron chi connectivity index (χ4n) is 2.79. The second kappa shape index (κ2) is 7.27. The van der Waals surface area contributed by atoms with Gasteiger partial charge in [0.1, 0.15) is 0 Å². The molecule has 1 heteroatoms. The molecule has 0 aromatic rings. The maximum Gasteiger partial charge on any atom is 0.00104 e. The van der Waals surface area contributed by atoms with Crippen LogP contribution in [-0.2, 0) is 0 Å². The van der Waals surface area contributed by atoms with Gasteiger partial charge in [-0.05, 0) is 24.8 Å². The molecule has 0 saturated heterocycles. The van der Waals surface area contributed by atoms with E-state index in [0.29, 0.717) is 6.04 Å². The van der Waals surface area contributed by atoms with Crippen LogP contribution in [0, 0.1) is 11.8 Å². The van der Waals surface area contributed by atoms with Crippen LogP contribution in [0.15, 0.2) is 0 Å². The first-order valence-electron chi connectivity index (χ1n) is 6.97. The predicted octanol–water partition coefficient (Wildman–Crippen LogP) is 3.98. The van der Waals surface area contributed by atoms with Crippen LogP contribution in [-0.4, -0.2) is 12.6 Å². The van der Waals surface area contributed by atoms with Crippen molar-refractivity contribution in [3.8, 4) is 0 Å². The zero-order chi connectivity index (χ0) is 11.1. The molecule has 1 saturated carbocycles. The lowest BCUT2D eigenvalue weighted by molar-refractivity contribution is 0.210. The van der Waals surface area contributed by atoms with Crippen LogP contribution in [0.1, 0.15) is 65.7 Å². The van der Waals surface area contributed by atoms with E-state index in [9.17, 15) is 0 Å². The first-order valence-corrected chi connectivity index (χ1v) is 6.97. The lowest BCUT2D eigenvalue weighted by atomic mass is 9.76. The van der Waals surface area contributed by atoms with E-state index in [1.54, 1.807) is 0 Å². The number of rotatable bonds is 6. The number of hydrogen-bond acceptors (Lipinski definition) is 1. The van der Waals surface area contributed by atoms with Crippen LogP contribution >= 0.6 is 0 Å².